The molecule has 0 aliphatic carbocycles. The molecule has 1 N–H and O–H groups in total. The molecule has 0 aromatic rings. The molecule has 1 aliphatic rings. The minimum Gasteiger partial charge on any atom is -0.466 e. The van der Waals surface area contributed by atoms with Gasteiger partial charge in [-0.25, -0.2) is 0 Å². The fourth-order valence-corrected chi connectivity index (χ4v) is 4.41. The van der Waals surface area contributed by atoms with Crippen LogP contribution < -0.4 is 5.32 Å². The van der Waals surface area contributed by atoms with Gasteiger partial charge < -0.3 is 19.7 Å². The Bertz CT molecular complexity index is 633. The molecule has 6 nitrogen and oxygen atoms in total. The first-order chi connectivity index (χ1) is 17.6. The SMILES string of the molecule is C=C(NCCOC1CCN(CCCCCC(=O)OCCCCCCCCCCC)C1)C(C)=N/C=C\C. The lowest BCUT2D eigenvalue weighted by Gasteiger charge is -2.16. The lowest BCUT2D eigenvalue weighted by atomic mass is 10.1. The minimum absolute atomic E-state index is 0.0243. The predicted octanol–water partition coefficient (Wildman–Crippen LogP) is 6.81. The fourth-order valence-electron chi connectivity index (χ4n) is 4.41. The van der Waals surface area contributed by atoms with Crippen molar-refractivity contribution in [2.45, 2.75) is 117 Å². The van der Waals surface area contributed by atoms with Crippen LogP contribution in [0.5, 0.6) is 0 Å². The molecular formula is C30H55N3O3. The van der Waals surface area contributed by atoms with Crippen molar-refractivity contribution in [3.8, 4) is 0 Å². The van der Waals surface area contributed by atoms with Gasteiger partial charge in [0.2, 0.25) is 0 Å². The summed E-state index contributed by atoms with van der Waals surface area (Å²) in [5.41, 5.74) is 1.74. The third kappa shape index (κ3) is 17.7. The van der Waals surface area contributed by atoms with Gasteiger partial charge in [0, 0.05) is 38.0 Å². The molecule has 0 radical (unpaired) electrons. The summed E-state index contributed by atoms with van der Waals surface area (Å²) in [6, 6.07) is 0. The van der Waals surface area contributed by atoms with Crippen LogP contribution in [-0.2, 0) is 14.3 Å². The molecule has 0 spiro atoms. The molecule has 0 amide bonds. The van der Waals surface area contributed by atoms with Crippen LogP contribution in [0, 0.1) is 0 Å². The third-order valence-electron chi connectivity index (χ3n) is 6.74. The smallest absolute Gasteiger partial charge is 0.305 e. The van der Waals surface area contributed by atoms with Gasteiger partial charge in [0.05, 0.1) is 25.0 Å². The molecule has 1 fully saturated rings. The van der Waals surface area contributed by atoms with Crippen molar-refractivity contribution in [3.05, 3.63) is 24.6 Å². The summed E-state index contributed by atoms with van der Waals surface area (Å²) >= 11 is 0. The number of hydrogen-bond acceptors (Lipinski definition) is 6. The average molecular weight is 506 g/mol. The van der Waals surface area contributed by atoms with Gasteiger partial charge in [-0.05, 0) is 46.1 Å². The van der Waals surface area contributed by atoms with E-state index in [1.807, 2.05) is 19.9 Å². The van der Waals surface area contributed by atoms with Gasteiger partial charge in [0.1, 0.15) is 0 Å². The highest BCUT2D eigenvalue weighted by molar-refractivity contribution is 5.97. The molecule has 1 heterocycles. The maximum absolute atomic E-state index is 11.9. The number of esters is 1. The Hall–Kier alpha value is -1.66. The highest BCUT2D eigenvalue weighted by Gasteiger charge is 2.22. The van der Waals surface area contributed by atoms with Crippen LogP contribution in [0.2, 0.25) is 0 Å². The number of allylic oxidation sites excluding steroid dienone is 2. The Labute approximate surface area is 222 Å². The Kier molecular flexibility index (Phi) is 20.3. The molecular weight excluding hydrogens is 450 g/mol. The van der Waals surface area contributed by atoms with E-state index < -0.39 is 0 Å². The average Bonchev–Trinajstić information content (AvgIpc) is 3.33. The summed E-state index contributed by atoms with van der Waals surface area (Å²) < 4.78 is 11.4. The van der Waals surface area contributed by atoms with E-state index >= 15 is 0 Å². The molecule has 0 aromatic carbocycles. The molecule has 1 atom stereocenters. The van der Waals surface area contributed by atoms with Crippen molar-refractivity contribution in [3.63, 3.8) is 0 Å². The lowest BCUT2D eigenvalue weighted by Crippen LogP contribution is -2.27. The van der Waals surface area contributed by atoms with E-state index in [0.717, 1.165) is 69.7 Å². The number of nitrogens with one attached hydrogen (secondary N) is 1. The second-order valence-electron chi connectivity index (χ2n) is 10.0. The molecule has 1 unspecified atom stereocenters. The second kappa shape index (κ2) is 22.5. The van der Waals surface area contributed by atoms with E-state index in [0.29, 0.717) is 25.7 Å². The summed E-state index contributed by atoms with van der Waals surface area (Å²) in [7, 11) is 0. The summed E-state index contributed by atoms with van der Waals surface area (Å²) in [6.07, 6.45) is 20.3. The van der Waals surface area contributed by atoms with Crippen LogP contribution in [0.1, 0.15) is 111 Å². The van der Waals surface area contributed by atoms with Crippen LogP contribution in [0.25, 0.3) is 0 Å². The summed E-state index contributed by atoms with van der Waals surface area (Å²) in [6.45, 7) is 15.4. The number of likely N-dealkylation sites (tertiary alicyclic amines) is 1. The van der Waals surface area contributed by atoms with Gasteiger partial charge in [0.15, 0.2) is 0 Å². The van der Waals surface area contributed by atoms with Crippen molar-refractivity contribution in [2.75, 3.05) is 39.4 Å². The number of carbonyl (C=O) groups excluding carboxylic acids is 1. The highest BCUT2D eigenvalue weighted by Crippen LogP contribution is 2.14. The molecule has 1 saturated heterocycles. The number of nitrogens with zero attached hydrogens (tertiary/aromatic N) is 2. The zero-order valence-corrected chi connectivity index (χ0v) is 23.7. The number of rotatable bonds is 23. The van der Waals surface area contributed by atoms with E-state index in [-0.39, 0.29) is 5.97 Å². The summed E-state index contributed by atoms with van der Waals surface area (Å²) in [5, 5.41) is 3.28. The molecule has 208 valence electrons. The van der Waals surface area contributed by atoms with Crippen molar-refractivity contribution in [2.24, 2.45) is 4.99 Å². The quantitative estimate of drug-likeness (QED) is 0.0939. The monoisotopic (exact) mass is 505 g/mol. The van der Waals surface area contributed by atoms with Crippen LogP contribution in [0.15, 0.2) is 29.5 Å². The molecule has 0 saturated carbocycles. The largest absolute Gasteiger partial charge is 0.466 e. The van der Waals surface area contributed by atoms with Crippen molar-refractivity contribution in [1.29, 1.82) is 0 Å². The maximum Gasteiger partial charge on any atom is 0.305 e. The first-order valence-corrected chi connectivity index (χ1v) is 14.6. The van der Waals surface area contributed by atoms with Crippen molar-refractivity contribution in [1.82, 2.24) is 10.2 Å². The van der Waals surface area contributed by atoms with Crippen LogP contribution >= 0.6 is 0 Å². The number of unbranched alkanes of at least 4 members (excludes halogenated alkanes) is 10. The molecule has 1 aliphatic heterocycles. The van der Waals surface area contributed by atoms with Crippen molar-refractivity contribution < 1.29 is 14.3 Å². The fraction of sp³-hybridized carbons (Fsp3) is 0.800. The van der Waals surface area contributed by atoms with E-state index in [1.54, 1.807) is 6.20 Å². The zero-order chi connectivity index (χ0) is 26.3. The van der Waals surface area contributed by atoms with Crippen LogP contribution in [0.3, 0.4) is 0 Å². The topological polar surface area (TPSA) is 63.2 Å². The van der Waals surface area contributed by atoms with E-state index in [4.69, 9.17) is 9.47 Å². The predicted molar refractivity (Wildman–Crippen MR) is 153 cm³/mol. The summed E-state index contributed by atoms with van der Waals surface area (Å²) in [5.74, 6) is -0.0243. The summed E-state index contributed by atoms with van der Waals surface area (Å²) in [4.78, 5) is 18.7. The molecule has 1 rings (SSSR count). The second-order valence-corrected chi connectivity index (χ2v) is 10.0. The van der Waals surface area contributed by atoms with Crippen molar-refractivity contribution >= 4 is 11.7 Å². The first kappa shape index (κ1) is 32.4. The molecule has 6 heteroatoms. The van der Waals surface area contributed by atoms with Crippen LogP contribution in [-0.4, -0.2) is 62.1 Å². The normalized spacial score (nSPS) is 16.6. The number of carbonyl (C=O) groups is 1. The Morgan fingerprint density at radius 2 is 1.72 bits per heavy atom. The van der Waals surface area contributed by atoms with Gasteiger partial charge in [-0.1, -0.05) is 77.4 Å². The maximum atomic E-state index is 11.9. The Morgan fingerprint density at radius 3 is 2.44 bits per heavy atom. The Balaban J connectivity index is 1.91. The first-order valence-electron chi connectivity index (χ1n) is 14.6. The minimum atomic E-state index is -0.0243. The number of hydrogen-bond donors (Lipinski definition) is 1. The number of aliphatic imine (C=N–C) groups is 1. The van der Waals surface area contributed by atoms with Gasteiger partial charge in [-0.2, -0.15) is 0 Å². The van der Waals surface area contributed by atoms with Gasteiger partial charge in [-0.15, -0.1) is 0 Å². The van der Waals surface area contributed by atoms with Crippen LogP contribution in [0.4, 0.5) is 0 Å². The number of ether oxygens (including phenoxy) is 2. The van der Waals surface area contributed by atoms with E-state index in [2.05, 4.69) is 28.7 Å². The molecule has 36 heavy (non-hydrogen) atoms. The molecule has 0 bridgehead atoms. The lowest BCUT2D eigenvalue weighted by molar-refractivity contribution is -0.143. The molecule has 0 aromatic heterocycles. The highest BCUT2D eigenvalue weighted by atomic mass is 16.5. The Morgan fingerprint density at radius 1 is 1.03 bits per heavy atom. The van der Waals surface area contributed by atoms with E-state index in [1.165, 1.54) is 51.4 Å². The standard InChI is InChI=1S/C30H55N3O3/c1-5-7-8-9-10-11-12-13-17-24-36-30(34)18-15-14-16-22-33-23-19-29(26-33)35-25-21-32-28(4)27(3)31-20-6-2/h6,20,29,32H,4-5,7-19,21-26H2,1-3H3/b20-6-,31-27?. The van der Waals surface area contributed by atoms with Gasteiger partial charge in [0.25, 0.3) is 0 Å². The van der Waals surface area contributed by atoms with Gasteiger partial charge >= 0.3 is 5.97 Å². The van der Waals surface area contributed by atoms with Gasteiger partial charge in [-0.3, -0.25) is 9.79 Å². The third-order valence-corrected chi connectivity index (χ3v) is 6.74. The zero-order valence-electron chi connectivity index (χ0n) is 23.7. The van der Waals surface area contributed by atoms with E-state index in [9.17, 15) is 4.79 Å².